The van der Waals surface area contributed by atoms with Gasteiger partial charge in [-0.05, 0) is 37.3 Å². The first-order chi connectivity index (χ1) is 14.8. The number of aliphatic hydroxyl groups is 2. The summed E-state index contributed by atoms with van der Waals surface area (Å²) < 4.78 is 0. The van der Waals surface area contributed by atoms with E-state index in [1.807, 2.05) is 88.4 Å². The van der Waals surface area contributed by atoms with Gasteiger partial charge in [-0.3, -0.25) is 10.1 Å². The molecule has 6 heteroatoms. The Bertz CT molecular complexity index is 725. The van der Waals surface area contributed by atoms with Crippen LogP contribution in [0.15, 0.2) is 60.7 Å². The lowest BCUT2D eigenvalue weighted by atomic mass is 9.99. The molecule has 0 radical (unpaired) electrons. The minimum atomic E-state index is -1.03. The first kappa shape index (κ1) is 26.8. The molecule has 0 saturated carbocycles. The fourth-order valence-electron chi connectivity index (χ4n) is 3.12. The molecule has 6 nitrogen and oxygen atoms in total. The van der Waals surface area contributed by atoms with Crippen molar-refractivity contribution >= 4 is 5.91 Å². The largest absolute Gasteiger partial charge is 0.383 e. The number of aliphatic hydroxyl groups excluding tert-OH is 2. The van der Waals surface area contributed by atoms with Crippen LogP contribution < -0.4 is 16.4 Å². The van der Waals surface area contributed by atoms with E-state index < -0.39 is 18.2 Å². The second-order valence-corrected chi connectivity index (χ2v) is 7.97. The molecule has 0 fully saturated rings. The standard InChI is InChI=1S/C17H28N2O3.C8H11N/c1-4-8-12(2)16(21)17(22)18-11-15(20)19-13(3)14-9-6-5-7-10-14;1-7(9)8-5-3-2-4-6-8/h5-7,9-10,12-13,15-16,19-21H,4,8,11H2,1-3H3,(H,18,22);2-7H,9H2,1H3. The van der Waals surface area contributed by atoms with Crippen LogP contribution in [0.5, 0.6) is 0 Å². The molecule has 0 spiro atoms. The van der Waals surface area contributed by atoms with Crippen LogP contribution in [0.2, 0.25) is 0 Å². The zero-order valence-corrected chi connectivity index (χ0v) is 19.2. The van der Waals surface area contributed by atoms with Crippen LogP contribution in [0.3, 0.4) is 0 Å². The monoisotopic (exact) mass is 429 g/mol. The molecule has 0 aliphatic carbocycles. The van der Waals surface area contributed by atoms with Crippen molar-refractivity contribution in [2.75, 3.05) is 6.54 Å². The molecule has 2 aromatic carbocycles. The van der Waals surface area contributed by atoms with Crippen molar-refractivity contribution in [1.29, 1.82) is 0 Å². The summed E-state index contributed by atoms with van der Waals surface area (Å²) in [5.74, 6) is -0.521. The van der Waals surface area contributed by atoms with Crippen LogP contribution >= 0.6 is 0 Å². The molecule has 172 valence electrons. The van der Waals surface area contributed by atoms with Gasteiger partial charge in [0.2, 0.25) is 5.91 Å². The highest BCUT2D eigenvalue weighted by Crippen LogP contribution is 2.12. The van der Waals surface area contributed by atoms with Crippen molar-refractivity contribution < 1.29 is 15.0 Å². The summed E-state index contributed by atoms with van der Waals surface area (Å²) >= 11 is 0. The molecule has 0 bridgehead atoms. The number of rotatable bonds is 10. The van der Waals surface area contributed by atoms with E-state index in [9.17, 15) is 15.0 Å². The Morgan fingerprint density at radius 1 is 0.935 bits per heavy atom. The van der Waals surface area contributed by atoms with Gasteiger partial charge in [0.15, 0.2) is 0 Å². The molecule has 5 unspecified atom stereocenters. The van der Waals surface area contributed by atoms with Crippen LogP contribution in [0.1, 0.15) is 63.7 Å². The number of benzene rings is 2. The van der Waals surface area contributed by atoms with Crippen molar-refractivity contribution in [2.24, 2.45) is 11.7 Å². The Morgan fingerprint density at radius 3 is 1.90 bits per heavy atom. The number of nitrogens with one attached hydrogen (secondary N) is 2. The maximum Gasteiger partial charge on any atom is 0.249 e. The summed E-state index contributed by atoms with van der Waals surface area (Å²) in [7, 11) is 0. The minimum Gasteiger partial charge on any atom is -0.383 e. The van der Waals surface area contributed by atoms with E-state index in [1.54, 1.807) is 0 Å². The fourth-order valence-corrected chi connectivity index (χ4v) is 3.12. The molecule has 5 atom stereocenters. The number of nitrogens with two attached hydrogens (primary N) is 1. The summed E-state index contributed by atoms with van der Waals surface area (Å²) in [6, 6.07) is 19.9. The van der Waals surface area contributed by atoms with Gasteiger partial charge in [-0.2, -0.15) is 0 Å². The Hall–Kier alpha value is -2.25. The van der Waals surface area contributed by atoms with Crippen LogP contribution in [0, 0.1) is 5.92 Å². The van der Waals surface area contributed by atoms with Crippen molar-refractivity contribution in [2.45, 2.75) is 65.0 Å². The van der Waals surface area contributed by atoms with E-state index >= 15 is 0 Å². The summed E-state index contributed by atoms with van der Waals surface area (Å²) in [6.45, 7) is 7.85. The maximum absolute atomic E-state index is 11.8. The van der Waals surface area contributed by atoms with Gasteiger partial charge in [0.1, 0.15) is 12.3 Å². The lowest BCUT2D eigenvalue weighted by Crippen LogP contribution is -2.46. The van der Waals surface area contributed by atoms with Gasteiger partial charge in [-0.1, -0.05) is 80.9 Å². The Balaban J connectivity index is 0.000000442. The molecular formula is C25H39N3O3. The molecule has 2 rings (SSSR count). The number of hydrogen-bond donors (Lipinski definition) is 5. The third kappa shape index (κ3) is 10.6. The second-order valence-electron chi connectivity index (χ2n) is 7.97. The third-order valence-electron chi connectivity index (χ3n) is 5.09. The number of carbonyl (C=O) groups is 1. The highest BCUT2D eigenvalue weighted by atomic mass is 16.3. The van der Waals surface area contributed by atoms with Crippen molar-refractivity contribution in [3.63, 3.8) is 0 Å². The van der Waals surface area contributed by atoms with E-state index in [-0.39, 0.29) is 24.5 Å². The lowest BCUT2D eigenvalue weighted by molar-refractivity contribution is -0.132. The lowest BCUT2D eigenvalue weighted by Gasteiger charge is -2.22. The number of carbonyl (C=O) groups excluding carboxylic acids is 1. The van der Waals surface area contributed by atoms with Crippen LogP contribution in [0.4, 0.5) is 0 Å². The van der Waals surface area contributed by atoms with Crippen LogP contribution in [-0.2, 0) is 4.79 Å². The average molecular weight is 430 g/mol. The van der Waals surface area contributed by atoms with E-state index in [0.717, 1.165) is 18.4 Å². The summed E-state index contributed by atoms with van der Waals surface area (Å²) in [5, 5.41) is 25.4. The Labute approximate surface area is 186 Å². The van der Waals surface area contributed by atoms with Gasteiger partial charge < -0.3 is 21.3 Å². The first-order valence-corrected chi connectivity index (χ1v) is 11.0. The quantitative estimate of drug-likeness (QED) is 0.373. The van der Waals surface area contributed by atoms with Crippen molar-refractivity contribution in [3.05, 3.63) is 71.8 Å². The van der Waals surface area contributed by atoms with E-state index in [1.165, 1.54) is 5.56 Å². The van der Waals surface area contributed by atoms with E-state index in [0.29, 0.717) is 0 Å². The van der Waals surface area contributed by atoms with Crippen LogP contribution in [0.25, 0.3) is 0 Å². The minimum absolute atomic E-state index is 0.0305. The third-order valence-corrected chi connectivity index (χ3v) is 5.09. The van der Waals surface area contributed by atoms with Crippen molar-refractivity contribution in [3.8, 4) is 0 Å². The highest BCUT2D eigenvalue weighted by Gasteiger charge is 2.22. The smallest absolute Gasteiger partial charge is 0.249 e. The molecule has 0 aromatic heterocycles. The maximum atomic E-state index is 11.8. The molecule has 31 heavy (non-hydrogen) atoms. The SMILES string of the molecule is CC(N)c1ccccc1.CCCC(C)C(O)C(=O)NCC(O)NC(C)c1ccccc1. The van der Waals surface area contributed by atoms with Crippen LogP contribution in [-0.4, -0.2) is 35.0 Å². The molecule has 1 amide bonds. The normalized spacial score (nSPS) is 15.6. The van der Waals surface area contributed by atoms with E-state index in [2.05, 4.69) is 10.6 Å². The summed E-state index contributed by atoms with van der Waals surface area (Å²) in [6.07, 6.45) is -0.184. The molecule has 0 saturated heterocycles. The molecule has 0 aliphatic heterocycles. The van der Waals surface area contributed by atoms with Gasteiger partial charge in [-0.25, -0.2) is 0 Å². The number of hydrogen-bond acceptors (Lipinski definition) is 5. The number of amides is 1. The predicted octanol–water partition coefficient (Wildman–Crippen LogP) is 3.28. The zero-order valence-electron chi connectivity index (χ0n) is 19.2. The topological polar surface area (TPSA) is 108 Å². The predicted molar refractivity (Wildman–Crippen MR) is 126 cm³/mol. The van der Waals surface area contributed by atoms with Crippen molar-refractivity contribution in [1.82, 2.24) is 10.6 Å². The van der Waals surface area contributed by atoms with Gasteiger partial charge >= 0.3 is 0 Å². The van der Waals surface area contributed by atoms with Gasteiger partial charge in [0.25, 0.3) is 0 Å². The molecule has 0 heterocycles. The molecule has 6 N–H and O–H groups in total. The van der Waals surface area contributed by atoms with Gasteiger partial charge in [-0.15, -0.1) is 0 Å². The average Bonchev–Trinajstić information content (AvgIpc) is 2.78. The fraction of sp³-hybridized carbons (Fsp3) is 0.480. The second kappa shape index (κ2) is 14.7. The molecular weight excluding hydrogens is 390 g/mol. The summed E-state index contributed by atoms with van der Waals surface area (Å²) in [5.41, 5.74) is 7.87. The highest BCUT2D eigenvalue weighted by molar-refractivity contribution is 5.80. The molecule has 2 aromatic rings. The first-order valence-electron chi connectivity index (χ1n) is 11.0. The zero-order chi connectivity index (χ0) is 23.2. The van der Waals surface area contributed by atoms with E-state index in [4.69, 9.17) is 5.73 Å². The Kier molecular flexibility index (Phi) is 12.7. The van der Waals surface area contributed by atoms with Gasteiger partial charge in [0.05, 0.1) is 6.54 Å². The summed E-state index contributed by atoms with van der Waals surface area (Å²) in [4.78, 5) is 11.8. The van der Waals surface area contributed by atoms with Gasteiger partial charge in [0, 0.05) is 12.1 Å². The molecule has 0 aliphatic rings. The Morgan fingerprint density at radius 2 is 1.45 bits per heavy atom.